The molecule has 192 valence electrons. The number of alkyl halides is 3. The summed E-state index contributed by atoms with van der Waals surface area (Å²) in [4.78, 5) is 30.3. The molecular weight excluding hydrogens is 495 g/mol. The van der Waals surface area contributed by atoms with E-state index in [-0.39, 0.29) is 23.7 Å². The van der Waals surface area contributed by atoms with E-state index in [0.717, 1.165) is 18.3 Å². The van der Waals surface area contributed by atoms with Gasteiger partial charge >= 0.3 is 12.5 Å². The minimum Gasteiger partial charge on any atom is -0.494 e. The standard InChI is InChI=1S/C24H20F3N5O5/c1-35-21-14-16(31-11-12-36-23(31)34)5-6-19(21)32-10-8-20(33)22(30-32)18(7-9-28)29-15-3-2-4-17(13-15)37-24(25,26)27/h2-10,13-14H,11-12,28H2,1H3. The molecule has 1 aromatic heterocycles. The van der Waals surface area contributed by atoms with Crippen LogP contribution in [0.5, 0.6) is 11.5 Å². The Morgan fingerprint density at radius 3 is 2.68 bits per heavy atom. The summed E-state index contributed by atoms with van der Waals surface area (Å²) in [6.45, 7) is 0.664. The van der Waals surface area contributed by atoms with Crippen LogP contribution in [-0.4, -0.2) is 48.2 Å². The lowest BCUT2D eigenvalue weighted by molar-refractivity contribution is -0.274. The van der Waals surface area contributed by atoms with Gasteiger partial charge in [-0.25, -0.2) is 14.5 Å². The van der Waals surface area contributed by atoms with Crippen LogP contribution in [0.2, 0.25) is 0 Å². The third kappa shape index (κ3) is 5.89. The van der Waals surface area contributed by atoms with E-state index in [1.54, 1.807) is 18.2 Å². The van der Waals surface area contributed by atoms with E-state index in [4.69, 9.17) is 15.2 Å². The van der Waals surface area contributed by atoms with Gasteiger partial charge in [-0.05, 0) is 36.5 Å². The molecule has 1 saturated heterocycles. The number of aliphatic imine (C=N–C) groups is 1. The maximum Gasteiger partial charge on any atom is 0.573 e. The highest BCUT2D eigenvalue weighted by atomic mass is 19.4. The van der Waals surface area contributed by atoms with Gasteiger partial charge in [0.15, 0.2) is 5.69 Å². The minimum atomic E-state index is -4.87. The Hall–Kier alpha value is -4.81. The van der Waals surface area contributed by atoms with E-state index in [0.29, 0.717) is 23.7 Å². The first-order chi connectivity index (χ1) is 17.7. The molecule has 1 aliphatic rings. The normalized spacial score (nSPS) is 14.2. The van der Waals surface area contributed by atoms with E-state index < -0.39 is 23.6 Å². The van der Waals surface area contributed by atoms with Crippen LogP contribution < -0.4 is 25.5 Å². The van der Waals surface area contributed by atoms with Crippen molar-refractivity contribution in [2.45, 2.75) is 6.36 Å². The first-order valence-electron chi connectivity index (χ1n) is 10.7. The fourth-order valence-electron chi connectivity index (χ4n) is 3.52. The molecule has 37 heavy (non-hydrogen) atoms. The lowest BCUT2D eigenvalue weighted by atomic mass is 10.2. The first kappa shape index (κ1) is 25.3. The van der Waals surface area contributed by atoms with Crippen molar-refractivity contribution in [2.75, 3.05) is 25.2 Å². The van der Waals surface area contributed by atoms with Crippen molar-refractivity contribution < 1.29 is 32.2 Å². The number of nitrogens with zero attached hydrogens (tertiary/aromatic N) is 4. The summed E-state index contributed by atoms with van der Waals surface area (Å²) in [5.74, 6) is -0.126. The summed E-state index contributed by atoms with van der Waals surface area (Å²) < 4.78 is 53.5. The van der Waals surface area contributed by atoms with Crippen molar-refractivity contribution in [1.29, 1.82) is 0 Å². The quantitative estimate of drug-likeness (QED) is 0.477. The summed E-state index contributed by atoms with van der Waals surface area (Å²) in [7, 11) is 1.44. The molecule has 1 fully saturated rings. The molecule has 0 saturated carbocycles. The Labute approximate surface area is 208 Å². The monoisotopic (exact) mass is 515 g/mol. The number of benzene rings is 2. The van der Waals surface area contributed by atoms with Crippen LogP contribution in [-0.2, 0) is 4.74 Å². The highest BCUT2D eigenvalue weighted by Gasteiger charge is 2.31. The van der Waals surface area contributed by atoms with Crippen LogP contribution in [0.3, 0.4) is 0 Å². The average molecular weight is 515 g/mol. The molecule has 2 heterocycles. The number of carbonyl (C=O) groups excluding carboxylic acids is 1. The molecule has 0 atom stereocenters. The maximum absolute atomic E-state index is 12.7. The van der Waals surface area contributed by atoms with Gasteiger partial charge in [0.25, 0.3) is 0 Å². The molecule has 1 amide bonds. The zero-order valence-electron chi connectivity index (χ0n) is 19.3. The van der Waals surface area contributed by atoms with E-state index in [2.05, 4.69) is 14.8 Å². The molecule has 2 aromatic carbocycles. The van der Waals surface area contributed by atoms with Crippen LogP contribution in [0, 0.1) is 0 Å². The third-order valence-electron chi connectivity index (χ3n) is 5.09. The lowest BCUT2D eigenvalue weighted by Crippen LogP contribution is -2.23. The van der Waals surface area contributed by atoms with Crippen LogP contribution in [0.25, 0.3) is 5.69 Å². The van der Waals surface area contributed by atoms with Crippen molar-refractivity contribution in [2.24, 2.45) is 10.7 Å². The Bertz CT molecular complexity index is 1430. The Balaban J connectivity index is 1.74. The van der Waals surface area contributed by atoms with Crippen molar-refractivity contribution in [3.8, 4) is 17.2 Å². The number of hydrogen-bond acceptors (Lipinski definition) is 8. The molecule has 2 N–H and O–H groups in total. The van der Waals surface area contributed by atoms with E-state index in [9.17, 15) is 22.8 Å². The number of hydrogen-bond donors (Lipinski definition) is 1. The average Bonchev–Trinajstić information content (AvgIpc) is 3.29. The summed E-state index contributed by atoms with van der Waals surface area (Å²) in [5, 5.41) is 4.36. The molecule has 10 nitrogen and oxygen atoms in total. The minimum absolute atomic E-state index is 0.00130. The second-order valence-electron chi connectivity index (χ2n) is 7.50. The predicted molar refractivity (Wildman–Crippen MR) is 128 cm³/mol. The van der Waals surface area contributed by atoms with Gasteiger partial charge in [0, 0.05) is 24.4 Å². The van der Waals surface area contributed by atoms with E-state index >= 15 is 0 Å². The number of carbonyl (C=O) groups is 1. The van der Waals surface area contributed by atoms with Crippen molar-refractivity contribution in [1.82, 2.24) is 9.78 Å². The maximum atomic E-state index is 12.7. The number of methoxy groups -OCH3 is 1. The molecule has 13 heteroatoms. The molecule has 0 unspecified atom stereocenters. The number of nitrogens with two attached hydrogens (primary N) is 1. The molecule has 1 aliphatic heterocycles. The number of amides is 1. The summed E-state index contributed by atoms with van der Waals surface area (Å²) in [5.41, 5.74) is 5.97. The van der Waals surface area contributed by atoms with Gasteiger partial charge in [0.05, 0.1) is 30.7 Å². The Morgan fingerprint density at radius 1 is 1.19 bits per heavy atom. The highest BCUT2D eigenvalue weighted by Crippen LogP contribution is 2.30. The fraction of sp³-hybridized carbons (Fsp3) is 0.167. The number of ether oxygens (including phenoxy) is 3. The number of allylic oxidation sites excluding steroid dienone is 1. The molecule has 4 rings (SSSR count). The van der Waals surface area contributed by atoms with Crippen LogP contribution in [0.1, 0.15) is 5.69 Å². The van der Waals surface area contributed by atoms with Gasteiger partial charge in [0.1, 0.15) is 23.8 Å². The van der Waals surface area contributed by atoms with Crippen LogP contribution in [0.15, 0.2) is 76.8 Å². The third-order valence-corrected chi connectivity index (χ3v) is 5.09. The summed E-state index contributed by atoms with van der Waals surface area (Å²) in [6.07, 6.45) is -1.52. The van der Waals surface area contributed by atoms with Gasteiger partial charge in [-0.15, -0.1) is 13.2 Å². The van der Waals surface area contributed by atoms with Crippen LogP contribution >= 0.6 is 0 Å². The second-order valence-corrected chi connectivity index (χ2v) is 7.50. The number of rotatable bonds is 7. The number of halogens is 3. The number of cyclic esters (lactones) is 1. The van der Waals surface area contributed by atoms with Crippen molar-refractivity contribution >= 4 is 23.2 Å². The zero-order chi connectivity index (χ0) is 26.6. The van der Waals surface area contributed by atoms with Gasteiger partial charge < -0.3 is 19.9 Å². The van der Waals surface area contributed by atoms with E-state index in [1.165, 1.54) is 47.2 Å². The SMILES string of the molecule is COc1cc(N2CCOC2=O)ccc1-n1ccc(=O)c(C(C=CN)=Nc2cccc(OC(F)(F)F)c2)n1. The summed E-state index contributed by atoms with van der Waals surface area (Å²) >= 11 is 0. The molecule has 0 radical (unpaired) electrons. The summed E-state index contributed by atoms with van der Waals surface area (Å²) in [6, 6.07) is 11.1. The van der Waals surface area contributed by atoms with Crippen molar-refractivity contribution in [3.63, 3.8) is 0 Å². The Morgan fingerprint density at radius 2 is 2.00 bits per heavy atom. The second kappa shape index (κ2) is 10.4. The van der Waals surface area contributed by atoms with Crippen molar-refractivity contribution in [3.05, 3.63) is 82.9 Å². The van der Waals surface area contributed by atoms with Gasteiger partial charge in [-0.1, -0.05) is 6.07 Å². The number of anilines is 1. The first-order valence-corrected chi connectivity index (χ1v) is 10.7. The van der Waals surface area contributed by atoms with Crippen LogP contribution in [0.4, 0.5) is 29.3 Å². The van der Waals surface area contributed by atoms with Gasteiger partial charge in [0.2, 0.25) is 5.43 Å². The topological polar surface area (TPSA) is 121 Å². The molecule has 3 aromatic rings. The van der Waals surface area contributed by atoms with Gasteiger partial charge in [-0.2, -0.15) is 5.10 Å². The predicted octanol–water partition coefficient (Wildman–Crippen LogP) is 3.69. The highest BCUT2D eigenvalue weighted by molar-refractivity contribution is 6.08. The molecule has 0 aliphatic carbocycles. The van der Waals surface area contributed by atoms with Gasteiger partial charge in [-0.3, -0.25) is 9.69 Å². The molecular formula is C24H20F3N5O5. The number of aromatic nitrogens is 2. The largest absolute Gasteiger partial charge is 0.573 e. The molecule has 0 spiro atoms. The fourth-order valence-corrected chi connectivity index (χ4v) is 3.52. The zero-order valence-corrected chi connectivity index (χ0v) is 19.3. The van der Waals surface area contributed by atoms with E-state index in [1.807, 2.05) is 0 Å². The molecule has 0 bridgehead atoms. The lowest BCUT2D eigenvalue weighted by Gasteiger charge is -2.17. The smallest absolute Gasteiger partial charge is 0.494 e. The Kier molecular flexibility index (Phi) is 7.13.